The minimum atomic E-state index is -0.920. The van der Waals surface area contributed by atoms with Gasteiger partial charge >= 0.3 is 0 Å². The predicted molar refractivity (Wildman–Crippen MR) is 109 cm³/mol. The van der Waals surface area contributed by atoms with E-state index in [1.165, 1.54) is 17.0 Å². The second kappa shape index (κ2) is 8.16. The molecule has 2 aromatic carbocycles. The van der Waals surface area contributed by atoms with Gasteiger partial charge in [-0.05, 0) is 31.0 Å². The number of non-ortho nitro benzene ring substituents is 1. The number of rotatable bonds is 5. The maximum Gasteiger partial charge on any atom is 0.269 e. The van der Waals surface area contributed by atoms with E-state index in [0.29, 0.717) is 11.3 Å². The molecule has 0 aliphatic carbocycles. The van der Waals surface area contributed by atoms with E-state index >= 15 is 0 Å². The Morgan fingerprint density at radius 1 is 1.31 bits per heavy atom. The Bertz CT molecular complexity index is 1070. The molecule has 0 unspecified atom stereocenters. The van der Waals surface area contributed by atoms with Crippen LogP contribution in [-0.2, 0) is 16.0 Å². The third-order valence-corrected chi connectivity index (χ3v) is 5.62. The molecule has 2 amide bonds. The van der Waals surface area contributed by atoms with Gasteiger partial charge in [-0.25, -0.2) is 0 Å². The van der Waals surface area contributed by atoms with Crippen LogP contribution in [0.5, 0.6) is 0 Å². The number of carbonyl (C=O) groups is 2. The molecular formula is C20H16N4O4S. The molecule has 1 aliphatic heterocycles. The van der Waals surface area contributed by atoms with E-state index in [9.17, 15) is 25.0 Å². The Balaban J connectivity index is 2.01. The van der Waals surface area contributed by atoms with E-state index < -0.39 is 16.1 Å². The van der Waals surface area contributed by atoms with Crippen molar-refractivity contribution in [3.63, 3.8) is 0 Å². The van der Waals surface area contributed by atoms with Gasteiger partial charge in [-0.1, -0.05) is 41.6 Å². The summed E-state index contributed by atoms with van der Waals surface area (Å²) < 4.78 is 0. The van der Waals surface area contributed by atoms with Crippen molar-refractivity contribution in [1.82, 2.24) is 0 Å². The molecule has 3 rings (SSSR count). The Morgan fingerprint density at radius 2 is 2.00 bits per heavy atom. The van der Waals surface area contributed by atoms with Crippen LogP contribution in [0.25, 0.3) is 0 Å². The molecule has 0 radical (unpaired) electrons. The number of primary amides is 1. The summed E-state index contributed by atoms with van der Waals surface area (Å²) in [5.41, 5.74) is 7.08. The van der Waals surface area contributed by atoms with Crippen molar-refractivity contribution < 1.29 is 14.5 Å². The molecule has 1 heterocycles. The molecule has 0 bridgehead atoms. The molecule has 1 saturated heterocycles. The highest BCUT2D eigenvalue weighted by atomic mass is 32.2. The number of carbonyl (C=O) groups excluding carboxylic acids is 2. The highest BCUT2D eigenvalue weighted by molar-refractivity contribution is 8.05. The van der Waals surface area contributed by atoms with E-state index in [1.807, 2.05) is 19.1 Å². The van der Waals surface area contributed by atoms with Crippen LogP contribution in [0, 0.1) is 28.4 Å². The second-order valence-corrected chi connectivity index (χ2v) is 7.59. The molecule has 146 valence electrons. The van der Waals surface area contributed by atoms with Crippen LogP contribution in [0.1, 0.15) is 11.1 Å². The molecule has 1 aliphatic rings. The van der Waals surface area contributed by atoms with Gasteiger partial charge in [0, 0.05) is 17.8 Å². The molecule has 9 heteroatoms. The molecule has 0 spiro atoms. The Labute approximate surface area is 170 Å². The summed E-state index contributed by atoms with van der Waals surface area (Å²) in [5, 5.41) is 19.9. The fourth-order valence-electron chi connectivity index (χ4n) is 2.94. The molecule has 2 N–H and O–H groups in total. The number of nitrogens with zero attached hydrogens (tertiary/aromatic N) is 3. The quantitative estimate of drug-likeness (QED) is 0.350. The van der Waals surface area contributed by atoms with Gasteiger partial charge in [-0.15, -0.1) is 0 Å². The van der Waals surface area contributed by atoms with Gasteiger partial charge in [0.1, 0.15) is 16.7 Å². The fourth-order valence-corrected chi connectivity index (χ4v) is 4.26. The van der Waals surface area contributed by atoms with Crippen LogP contribution in [-0.4, -0.2) is 22.0 Å². The molecular weight excluding hydrogens is 392 g/mol. The van der Waals surface area contributed by atoms with Gasteiger partial charge in [-0.2, -0.15) is 5.26 Å². The summed E-state index contributed by atoms with van der Waals surface area (Å²) in [4.78, 5) is 36.7. The minimum Gasteiger partial charge on any atom is -0.365 e. The van der Waals surface area contributed by atoms with Gasteiger partial charge < -0.3 is 5.73 Å². The van der Waals surface area contributed by atoms with Crippen molar-refractivity contribution in [3.8, 4) is 6.07 Å². The standard InChI is InChI=1S/C20H16N4O4S/c1-12-5-7-14(8-6-12)23-19(26)17(29-20(23)16(11-21)18(22)25)10-13-3-2-4-15(9-13)24(27)28/h2-9,17H,10H2,1H3,(H2,22,25)/b20-16-/t17-/m1/s1. The van der Waals surface area contributed by atoms with E-state index in [2.05, 4.69) is 0 Å². The molecule has 0 aromatic heterocycles. The van der Waals surface area contributed by atoms with Crippen LogP contribution < -0.4 is 10.6 Å². The number of nitro groups is 1. The summed E-state index contributed by atoms with van der Waals surface area (Å²) in [7, 11) is 0. The fraction of sp³-hybridized carbons (Fsp3) is 0.150. The first-order valence-corrected chi connectivity index (χ1v) is 9.44. The topological polar surface area (TPSA) is 130 Å². The maximum atomic E-state index is 13.1. The third-order valence-electron chi connectivity index (χ3n) is 4.36. The summed E-state index contributed by atoms with van der Waals surface area (Å²) >= 11 is 1.06. The van der Waals surface area contributed by atoms with Gasteiger partial charge in [0.25, 0.3) is 11.6 Å². The Kier molecular flexibility index (Phi) is 5.66. The molecule has 1 fully saturated rings. The molecule has 29 heavy (non-hydrogen) atoms. The smallest absolute Gasteiger partial charge is 0.269 e. The van der Waals surface area contributed by atoms with Crippen molar-refractivity contribution in [2.75, 3.05) is 4.90 Å². The van der Waals surface area contributed by atoms with Crippen LogP contribution >= 0.6 is 11.8 Å². The Hall–Kier alpha value is -3.64. The highest BCUT2D eigenvalue weighted by Crippen LogP contribution is 2.42. The third kappa shape index (κ3) is 4.12. The van der Waals surface area contributed by atoms with E-state index in [1.54, 1.807) is 30.3 Å². The van der Waals surface area contributed by atoms with Gasteiger partial charge in [0.2, 0.25) is 5.91 Å². The van der Waals surface area contributed by atoms with Crippen LogP contribution in [0.4, 0.5) is 11.4 Å². The summed E-state index contributed by atoms with van der Waals surface area (Å²) in [5.74, 6) is -1.25. The van der Waals surface area contributed by atoms with Crippen molar-refractivity contribution >= 4 is 35.0 Å². The van der Waals surface area contributed by atoms with Gasteiger partial charge in [-0.3, -0.25) is 24.6 Å². The lowest BCUT2D eigenvalue weighted by molar-refractivity contribution is -0.384. The van der Waals surface area contributed by atoms with Crippen molar-refractivity contribution in [3.05, 3.63) is 80.4 Å². The normalized spacial score (nSPS) is 17.7. The lowest BCUT2D eigenvalue weighted by Gasteiger charge is -2.18. The van der Waals surface area contributed by atoms with E-state index in [0.717, 1.165) is 17.3 Å². The largest absolute Gasteiger partial charge is 0.365 e. The summed E-state index contributed by atoms with van der Waals surface area (Å²) in [6, 6.07) is 14.9. The van der Waals surface area contributed by atoms with Crippen LogP contribution in [0.3, 0.4) is 0 Å². The van der Waals surface area contributed by atoms with Crippen molar-refractivity contribution in [1.29, 1.82) is 5.26 Å². The monoisotopic (exact) mass is 408 g/mol. The van der Waals surface area contributed by atoms with Crippen molar-refractivity contribution in [2.45, 2.75) is 18.6 Å². The summed E-state index contributed by atoms with van der Waals surface area (Å²) in [6.45, 7) is 1.90. The number of thioether (sulfide) groups is 1. The van der Waals surface area contributed by atoms with Gasteiger partial charge in [0.05, 0.1) is 10.2 Å². The zero-order chi connectivity index (χ0) is 21.1. The number of amides is 2. The predicted octanol–water partition coefficient (Wildman–Crippen LogP) is 2.81. The van der Waals surface area contributed by atoms with Crippen LogP contribution in [0.2, 0.25) is 0 Å². The van der Waals surface area contributed by atoms with E-state index in [-0.39, 0.29) is 28.6 Å². The number of hydrogen-bond donors (Lipinski definition) is 1. The van der Waals surface area contributed by atoms with Crippen molar-refractivity contribution in [2.24, 2.45) is 5.73 Å². The average molecular weight is 408 g/mol. The van der Waals surface area contributed by atoms with Crippen LogP contribution in [0.15, 0.2) is 59.1 Å². The molecule has 8 nitrogen and oxygen atoms in total. The first-order valence-electron chi connectivity index (χ1n) is 8.56. The van der Waals surface area contributed by atoms with Gasteiger partial charge in [0.15, 0.2) is 0 Å². The average Bonchev–Trinajstić information content (AvgIpc) is 2.99. The number of aryl methyl sites for hydroxylation is 1. The lowest BCUT2D eigenvalue weighted by atomic mass is 10.1. The SMILES string of the molecule is Cc1ccc(N2C(=O)[C@@H](Cc3cccc([N+](=O)[O-])c3)S/C2=C(/C#N)C(N)=O)cc1. The Morgan fingerprint density at radius 3 is 2.59 bits per heavy atom. The number of nitro benzene ring substituents is 1. The minimum absolute atomic E-state index is 0.0704. The number of nitrogens with two attached hydrogens (primary N) is 1. The summed E-state index contributed by atoms with van der Waals surface area (Å²) in [6.07, 6.45) is 0.203. The number of anilines is 1. The first-order chi connectivity index (χ1) is 13.8. The maximum absolute atomic E-state index is 13.1. The lowest BCUT2D eigenvalue weighted by Crippen LogP contribution is -2.31. The molecule has 1 atom stereocenters. The number of hydrogen-bond acceptors (Lipinski definition) is 6. The zero-order valence-electron chi connectivity index (χ0n) is 15.4. The second-order valence-electron chi connectivity index (χ2n) is 6.40. The molecule has 2 aromatic rings. The van der Waals surface area contributed by atoms with E-state index in [4.69, 9.17) is 5.73 Å². The highest BCUT2D eigenvalue weighted by Gasteiger charge is 2.40. The number of benzene rings is 2. The molecule has 0 saturated carbocycles. The first kappa shape index (κ1) is 20.1. The zero-order valence-corrected chi connectivity index (χ0v) is 16.2. The number of nitriles is 1.